The van der Waals surface area contributed by atoms with Crippen LogP contribution in [0.15, 0.2) is 224 Å². The Labute approximate surface area is 337 Å². The maximum Gasteiger partial charge on any atom is 0.0713 e. The number of nitrogens with zero attached hydrogens (tertiary/aromatic N) is 1. The molecular formula is C55H37NS. The zero-order valence-electron chi connectivity index (χ0n) is 31.2. The minimum absolute atomic E-state index is 0.432. The van der Waals surface area contributed by atoms with E-state index in [1.54, 1.807) is 0 Å². The molecule has 11 rings (SSSR count). The van der Waals surface area contributed by atoms with Crippen LogP contribution in [-0.4, -0.2) is 0 Å². The van der Waals surface area contributed by atoms with Crippen LogP contribution in [0.5, 0.6) is 0 Å². The zero-order chi connectivity index (χ0) is 37.8. The van der Waals surface area contributed by atoms with Gasteiger partial charge in [-0.05, 0) is 104 Å². The minimum Gasteiger partial charge on any atom is -0.310 e. The largest absolute Gasteiger partial charge is 0.310 e. The van der Waals surface area contributed by atoms with Gasteiger partial charge in [0.15, 0.2) is 0 Å². The number of anilines is 3. The van der Waals surface area contributed by atoms with Crippen LogP contribution in [0, 0.1) is 0 Å². The second-order valence-corrected chi connectivity index (χ2v) is 15.9. The standard InChI is InChI=1S/C55H37NS/c1-4-14-38(15-5-1)39-24-29-44(30-25-39)56(46-33-35-50-49-21-11-13-23-53(49)57-54(50)37-46)45-31-26-40(27-32-45)41-28-34-48-47-20-10-12-22-51(47)55(52(48)36-41,42-16-6-2-7-17-42)43-18-8-3-9-19-43/h1-37H. The smallest absolute Gasteiger partial charge is 0.0713 e. The van der Waals surface area contributed by atoms with Crippen molar-refractivity contribution in [1.29, 1.82) is 0 Å². The van der Waals surface area contributed by atoms with Crippen LogP contribution in [-0.2, 0) is 5.41 Å². The molecule has 0 aliphatic heterocycles. The van der Waals surface area contributed by atoms with E-state index in [-0.39, 0.29) is 0 Å². The first-order chi connectivity index (χ1) is 28.3. The van der Waals surface area contributed by atoms with Gasteiger partial charge < -0.3 is 4.90 Å². The Morgan fingerprint density at radius 1 is 0.316 bits per heavy atom. The van der Waals surface area contributed by atoms with Crippen molar-refractivity contribution >= 4 is 48.6 Å². The van der Waals surface area contributed by atoms with E-state index in [4.69, 9.17) is 0 Å². The van der Waals surface area contributed by atoms with Crippen molar-refractivity contribution in [3.63, 3.8) is 0 Å². The SMILES string of the molecule is c1ccc(-c2ccc(N(c3ccc(-c4ccc5c(c4)C(c4ccccc4)(c4ccccc4)c4ccccc4-5)cc3)c3ccc4c(c3)sc3ccccc34)cc2)cc1. The van der Waals surface area contributed by atoms with Crippen LogP contribution >= 0.6 is 11.3 Å². The molecule has 1 aliphatic rings. The fourth-order valence-corrected chi connectivity index (χ4v) is 10.3. The molecule has 57 heavy (non-hydrogen) atoms. The molecule has 0 bridgehead atoms. The Hall–Kier alpha value is -7.00. The maximum atomic E-state index is 2.44. The molecule has 1 heterocycles. The summed E-state index contributed by atoms with van der Waals surface area (Å²) in [5.74, 6) is 0. The van der Waals surface area contributed by atoms with Crippen LogP contribution in [0.3, 0.4) is 0 Å². The summed E-state index contributed by atoms with van der Waals surface area (Å²) in [4.78, 5) is 2.39. The molecule has 0 atom stereocenters. The third kappa shape index (κ3) is 5.44. The molecule has 0 fully saturated rings. The number of rotatable bonds is 7. The molecule has 0 N–H and O–H groups in total. The molecule has 0 saturated carbocycles. The van der Waals surface area contributed by atoms with Gasteiger partial charge in [-0.2, -0.15) is 0 Å². The molecule has 0 spiro atoms. The molecule has 10 aromatic rings. The monoisotopic (exact) mass is 743 g/mol. The Bertz CT molecular complexity index is 3000. The van der Waals surface area contributed by atoms with E-state index in [1.807, 2.05) is 11.3 Å². The summed E-state index contributed by atoms with van der Waals surface area (Å²) in [5, 5.41) is 2.61. The van der Waals surface area contributed by atoms with Crippen molar-refractivity contribution in [3.8, 4) is 33.4 Å². The fourth-order valence-electron chi connectivity index (χ4n) is 9.16. The highest BCUT2D eigenvalue weighted by atomic mass is 32.1. The highest BCUT2D eigenvalue weighted by Gasteiger charge is 2.46. The molecule has 0 unspecified atom stereocenters. The number of hydrogen-bond acceptors (Lipinski definition) is 2. The lowest BCUT2D eigenvalue weighted by Crippen LogP contribution is -2.28. The molecular weight excluding hydrogens is 707 g/mol. The van der Waals surface area contributed by atoms with E-state index in [9.17, 15) is 0 Å². The highest BCUT2D eigenvalue weighted by Crippen LogP contribution is 2.56. The third-order valence-corrected chi connectivity index (χ3v) is 12.9. The van der Waals surface area contributed by atoms with E-state index in [0.717, 1.165) is 17.1 Å². The van der Waals surface area contributed by atoms with Crippen molar-refractivity contribution in [2.75, 3.05) is 4.90 Å². The first kappa shape index (κ1) is 33.3. The molecule has 268 valence electrons. The van der Waals surface area contributed by atoms with E-state index in [2.05, 4.69) is 229 Å². The van der Waals surface area contributed by atoms with Crippen LogP contribution < -0.4 is 4.90 Å². The van der Waals surface area contributed by atoms with Gasteiger partial charge in [-0.3, -0.25) is 0 Å². The number of thiophene rings is 1. The van der Waals surface area contributed by atoms with Crippen molar-refractivity contribution in [2.45, 2.75) is 5.41 Å². The Morgan fingerprint density at radius 2 is 0.807 bits per heavy atom. The number of benzene rings is 9. The average molecular weight is 744 g/mol. The number of fused-ring (bicyclic) bond motifs is 6. The molecule has 1 nitrogen and oxygen atoms in total. The lowest BCUT2D eigenvalue weighted by Gasteiger charge is -2.34. The highest BCUT2D eigenvalue weighted by molar-refractivity contribution is 7.25. The summed E-state index contributed by atoms with van der Waals surface area (Å²) in [7, 11) is 0. The van der Waals surface area contributed by atoms with Crippen molar-refractivity contribution in [2.24, 2.45) is 0 Å². The van der Waals surface area contributed by atoms with Crippen molar-refractivity contribution < 1.29 is 0 Å². The Kier molecular flexibility index (Phi) is 7.98. The molecule has 1 aliphatic carbocycles. The van der Waals surface area contributed by atoms with Crippen LogP contribution in [0.1, 0.15) is 22.3 Å². The summed E-state index contributed by atoms with van der Waals surface area (Å²) in [6, 6.07) is 82.4. The quantitative estimate of drug-likeness (QED) is 0.157. The number of hydrogen-bond donors (Lipinski definition) is 0. The first-order valence-electron chi connectivity index (χ1n) is 19.6. The van der Waals surface area contributed by atoms with Gasteiger partial charge in [0.25, 0.3) is 0 Å². The summed E-state index contributed by atoms with van der Waals surface area (Å²) in [6.45, 7) is 0. The van der Waals surface area contributed by atoms with Gasteiger partial charge in [0.05, 0.1) is 5.41 Å². The topological polar surface area (TPSA) is 3.24 Å². The fraction of sp³-hybridized carbons (Fsp3) is 0.0182. The second kappa shape index (κ2) is 13.6. The van der Waals surface area contributed by atoms with Gasteiger partial charge >= 0.3 is 0 Å². The Balaban J connectivity index is 1.03. The van der Waals surface area contributed by atoms with Gasteiger partial charge in [-0.1, -0.05) is 176 Å². The van der Waals surface area contributed by atoms with Crippen LogP contribution in [0.25, 0.3) is 53.6 Å². The molecule has 2 heteroatoms. The zero-order valence-corrected chi connectivity index (χ0v) is 32.0. The van der Waals surface area contributed by atoms with E-state index in [0.29, 0.717) is 0 Å². The molecule has 0 saturated heterocycles. The normalized spacial score (nSPS) is 12.7. The van der Waals surface area contributed by atoms with E-state index >= 15 is 0 Å². The summed E-state index contributed by atoms with van der Waals surface area (Å²) < 4.78 is 2.60. The lowest BCUT2D eigenvalue weighted by molar-refractivity contribution is 0.769. The van der Waals surface area contributed by atoms with Crippen LogP contribution in [0.2, 0.25) is 0 Å². The predicted molar refractivity (Wildman–Crippen MR) is 242 cm³/mol. The van der Waals surface area contributed by atoms with Crippen LogP contribution in [0.4, 0.5) is 17.1 Å². The molecule has 1 aromatic heterocycles. The van der Waals surface area contributed by atoms with E-state index < -0.39 is 5.41 Å². The van der Waals surface area contributed by atoms with Gasteiger partial charge in [-0.15, -0.1) is 11.3 Å². The van der Waals surface area contributed by atoms with Crippen molar-refractivity contribution in [1.82, 2.24) is 0 Å². The molecule has 9 aromatic carbocycles. The van der Waals surface area contributed by atoms with Gasteiger partial charge in [-0.25, -0.2) is 0 Å². The molecule has 0 amide bonds. The van der Waals surface area contributed by atoms with Gasteiger partial charge in [0, 0.05) is 37.2 Å². The van der Waals surface area contributed by atoms with E-state index in [1.165, 1.54) is 75.8 Å². The van der Waals surface area contributed by atoms with Crippen molar-refractivity contribution in [3.05, 3.63) is 247 Å². The van der Waals surface area contributed by atoms with Gasteiger partial charge in [0.1, 0.15) is 0 Å². The lowest BCUT2D eigenvalue weighted by atomic mass is 9.67. The Morgan fingerprint density at radius 3 is 1.49 bits per heavy atom. The minimum atomic E-state index is -0.432. The predicted octanol–water partition coefficient (Wildman–Crippen LogP) is 15.2. The third-order valence-electron chi connectivity index (χ3n) is 11.8. The second-order valence-electron chi connectivity index (χ2n) is 14.9. The summed E-state index contributed by atoms with van der Waals surface area (Å²) >= 11 is 1.86. The first-order valence-corrected chi connectivity index (χ1v) is 20.4. The van der Waals surface area contributed by atoms with Gasteiger partial charge in [0.2, 0.25) is 0 Å². The maximum absolute atomic E-state index is 2.44. The molecule has 0 radical (unpaired) electrons. The summed E-state index contributed by atoms with van der Waals surface area (Å²) in [6.07, 6.45) is 0. The summed E-state index contributed by atoms with van der Waals surface area (Å²) in [5.41, 5.74) is 15.5. The average Bonchev–Trinajstić information content (AvgIpc) is 3.81.